The maximum atomic E-state index is 3.81. The summed E-state index contributed by atoms with van der Waals surface area (Å²) in [7, 11) is 0. The van der Waals surface area contributed by atoms with Gasteiger partial charge in [0.25, 0.3) is 5.82 Å². The molecule has 0 aliphatic rings. The van der Waals surface area contributed by atoms with Crippen molar-refractivity contribution in [3.63, 3.8) is 0 Å². The van der Waals surface area contributed by atoms with Gasteiger partial charge in [-0.3, -0.25) is 0 Å². The van der Waals surface area contributed by atoms with Gasteiger partial charge in [0.05, 0.1) is 0 Å². The lowest BCUT2D eigenvalue weighted by atomic mass is 9.90. The maximum Gasteiger partial charge on any atom is 0.257 e. The van der Waals surface area contributed by atoms with Crippen molar-refractivity contribution in [3.8, 4) is 27.9 Å². The molecule has 0 spiro atoms. The lowest BCUT2D eigenvalue weighted by molar-refractivity contribution is -0.573. The van der Waals surface area contributed by atoms with Gasteiger partial charge in [0.1, 0.15) is 5.69 Å². The van der Waals surface area contributed by atoms with Crippen molar-refractivity contribution in [2.45, 2.75) is 6.92 Å². The van der Waals surface area contributed by atoms with E-state index in [1.54, 1.807) is 0 Å². The van der Waals surface area contributed by atoms with Crippen LogP contribution in [-0.4, -0.2) is 4.98 Å². The van der Waals surface area contributed by atoms with E-state index in [2.05, 4.69) is 144 Å². The van der Waals surface area contributed by atoms with Crippen LogP contribution in [0.5, 0.6) is 0 Å². The van der Waals surface area contributed by atoms with Crippen LogP contribution < -0.4 is 4.57 Å². The Hall–Kier alpha value is -4.69. The molecular weight excluding hydrogens is 436 g/mol. The van der Waals surface area contributed by atoms with E-state index in [0.29, 0.717) is 0 Å². The second-order valence-corrected chi connectivity index (χ2v) is 9.33. The van der Waals surface area contributed by atoms with E-state index in [-0.39, 0.29) is 0 Å². The van der Waals surface area contributed by atoms with Crippen LogP contribution in [0.3, 0.4) is 0 Å². The highest BCUT2D eigenvalue weighted by molar-refractivity contribution is 6.18. The van der Waals surface area contributed by atoms with Gasteiger partial charge in [0.15, 0.2) is 11.0 Å². The predicted octanol–water partition coefficient (Wildman–Crippen LogP) is 8.39. The van der Waals surface area contributed by atoms with Crippen LogP contribution in [-0.2, 0) is 0 Å². The third-order valence-corrected chi connectivity index (χ3v) is 7.17. The van der Waals surface area contributed by atoms with Crippen molar-refractivity contribution in [1.82, 2.24) is 4.98 Å². The molecule has 0 aliphatic carbocycles. The molecule has 2 heteroatoms. The molecule has 2 nitrogen and oxygen atoms in total. The fraction of sp³-hybridized carbons (Fsp3) is 0.0294. The van der Waals surface area contributed by atoms with Gasteiger partial charge < -0.3 is 0 Å². The van der Waals surface area contributed by atoms with Crippen molar-refractivity contribution in [2.75, 3.05) is 0 Å². The largest absolute Gasteiger partial charge is 0.257 e. The van der Waals surface area contributed by atoms with E-state index in [1.165, 1.54) is 49.3 Å². The number of aromatic nitrogens is 2. The zero-order valence-corrected chi connectivity index (χ0v) is 20.1. The Labute approximate surface area is 210 Å². The number of imidazole rings is 1. The van der Waals surface area contributed by atoms with Crippen LogP contribution >= 0.6 is 0 Å². The summed E-state index contributed by atoms with van der Waals surface area (Å²) in [4.78, 5) is 3.81. The Kier molecular flexibility index (Phi) is 4.71. The number of rotatable bonds is 3. The minimum absolute atomic E-state index is 1.10. The molecule has 6 aromatic carbocycles. The average molecular weight is 462 g/mol. The normalized spacial score (nSPS) is 11.5. The number of H-pyrrole nitrogens is 1. The molecule has 7 aromatic rings. The van der Waals surface area contributed by atoms with Gasteiger partial charge in [0, 0.05) is 18.1 Å². The van der Waals surface area contributed by atoms with E-state index in [1.807, 2.05) is 0 Å². The van der Waals surface area contributed by atoms with Crippen LogP contribution in [0.15, 0.2) is 127 Å². The number of hydrogen-bond acceptors (Lipinski definition) is 0. The molecule has 1 aromatic heterocycles. The standard InChI is InChI=1S/C34H24N2/c1-23-35-33-31(25-13-4-2-5-14-25)29-18-10-11-19-30(29)32(26-15-6-3-7-16-26)34(33)36(23)28-21-20-24-12-8-9-17-27(24)22-28/h2-22H,1H3/p+1. The number of hydrogen-bond donors (Lipinski definition) is 1. The highest BCUT2D eigenvalue weighted by Gasteiger charge is 2.28. The van der Waals surface area contributed by atoms with E-state index in [4.69, 9.17) is 0 Å². The van der Waals surface area contributed by atoms with E-state index in [0.717, 1.165) is 17.0 Å². The van der Waals surface area contributed by atoms with Gasteiger partial charge in [-0.25, -0.2) is 4.98 Å². The molecular formula is C34H25N2+. The molecule has 1 heterocycles. The first-order valence-electron chi connectivity index (χ1n) is 12.4. The quantitative estimate of drug-likeness (QED) is 0.255. The monoisotopic (exact) mass is 461 g/mol. The minimum atomic E-state index is 1.10. The molecule has 0 unspecified atom stereocenters. The highest BCUT2D eigenvalue weighted by Crippen LogP contribution is 2.42. The smallest absolute Gasteiger partial charge is 0.240 e. The van der Waals surface area contributed by atoms with Crippen molar-refractivity contribution < 1.29 is 4.57 Å². The third kappa shape index (κ3) is 3.15. The summed E-state index contributed by atoms with van der Waals surface area (Å²) >= 11 is 0. The molecule has 170 valence electrons. The van der Waals surface area contributed by atoms with Gasteiger partial charge in [-0.15, -0.1) is 0 Å². The van der Waals surface area contributed by atoms with Crippen molar-refractivity contribution in [3.05, 3.63) is 133 Å². The summed E-state index contributed by atoms with van der Waals surface area (Å²) < 4.78 is 2.39. The summed E-state index contributed by atoms with van der Waals surface area (Å²) in [5, 5.41) is 4.99. The Bertz CT molecular complexity index is 1880. The first-order chi connectivity index (χ1) is 17.8. The molecule has 0 amide bonds. The maximum absolute atomic E-state index is 3.81. The van der Waals surface area contributed by atoms with Crippen LogP contribution in [0.2, 0.25) is 0 Å². The number of aromatic amines is 1. The second-order valence-electron chi connectivity index (χ2n) is 9.33. The lowest BCUT2D eigenvalue weighted by Crippen LogP contribution is -2.33. The SMILES string of the molecule is Cc1[nH]c2c(-c3ccccc3)c3ccccc3c(-c3ccccc3)c2[n+]1-c1ccc2ccccc2c1. The Balaban J connectivity index is 1.69. The van der Waals surface area contributed by atoms with E-state index >= 15 is 0 Å². The lowest BCUT2D eigenvalue weighted by Gasteiger charge is -2.13. The van der Waals surface area contributed by atoms with E-state index in [9.17, 15) is 0 Å². The molecule has 7 rings (SSSR count). The van der Waals surface area contributed by atoms with Gasteiger partial charge in [-0.1, -0.05) is 115 Å². The van der Waals surface area contributed by atoms with Crippen LogP contribution in [0.25, 0.3) is 60.5 Å². The summed E-state index contributed by atoms with van der Waals surface area (Å²) in [5.74, 6) is 1.10. The zero-order valence-electron chi connectivity index (χ0n) is 20.1. The molecule has 1 N–H and O–H groups in total. The molecule has 0 atom stereocenters. The summed E-state index contributed by atoms with van der Waals surface area (Å²) in [6.07, 6.45) is 0. The van der Waals surface area contributed by atoms with E-state index < -0.39 is 0 Å². The average Bonchev–Trinajstić information content (AvgIpc) is 3.28. The number of fused-ring (bicyclic) bond motifs is 3. The molecule has 0 radical (unpaired) electrons. The van der Waals surface area contributed by atoms with Crippen molar-refractivity contribution in [2.24, 2.45) is 0 Å². The topological polar surface area (TPSA) is 19.7 Å². The van der Waals surface area contributed by atoms with Gasteiger partial charge in [-0.2, -0.15) is 4.57 Å². The highest BCUT2D eigenvalue weighted by atomic mass is 15.1. The first-order valence-corrected chi connectivity index (χ1v) is 12.4. The number of nitrogens with zero attached hydrogens (tertiary/aromatic N) is 1. The summed E-state index contributed by atoms with van der Waals surface area (Å²) in [6.45, 7) is 2.17. The van der Waals surface area contributed by atoms with Crippen LogP contribution in [0.1, 0.15) is 5.82 Å². The molecule has 0 aliphatic heterocycles. The summed E-state index contributed by atoms with van der Waals surface area (Å²) in [5.41, 5.74) is 8.43. The fourth-order valence-electron chi connectivity index (χ4n) is 5.61. The molecule has 0 saturated heterocycles. The van der Waals surface area contributed by atoms with Gasteiger partial charge in [0.2, 0.25) is 0 Å². The number of aryl methyl sites for hydroxylation is 1. The third-order valence-electron chi connectivity index (χ3n) is 7.17. The fourth-order valence-corrected chi connectivity index (χ4v) is 5.61. The predicted molar refractivity (Wildman–Crippen MR) is 150 cm³/mol. The van der Waals surface area contributed by atoms with Crippen LogP contribution in [0.4, 0.5) is 0 Å². The first kappa shape index (κ1) is 20.7. The molecule has 0 bridgehead atoms. The number of nitrogens with one attached hydrogen (secondary N) is 1. The Morgan fingerprint density at radius 2 is 1.08 bits per heavy atom. The number of benzene rings is 6. The zero-order chi connectivity index (χ0) is 24.1. The second kappa shape index (κ2) is 8.21. The molecule has 0 fully saturated rings. The van der Waals surface area contributed by atoms with Gasteiger partial charge in [-0.05, 0) is 44.8 Å². The Morgan fingerprint density at radius 1 is 0.528 bits per heavy atom. The summed E-state index contributed by atoms with van der Waals surface area (Å²) in [6, 6.07) is 45.6. The molecule has 0 saturated carbocycles. The van der Waals surface area contributed by atoms with Crippen LogP contribution in [0, 0.1) is 6.92 Å². The van der Waals surface area contributed by atoms with Crippen molar-refractivity contribution >= 4 is 32.6 Å². The minimum Gasteiger partial charge on any atom is -0.240 e. The van der Waals surface area contributed by atoms with Gasteiger partial charge >= 0.3 is 0 Å². The Morgan fingerprint density at radius 3 is 1.78 bits per heavy atom. The molecule has 36 heavy (non-hydrogen) atoms. The van der Waals surface area contributed by atoms with Crippen molar-refractivity contribution in [1.29, 1.82) is 0 Å².